The van der Waals surface area contributed by atoms with Crippen LogP contribution in [0.15, 0.2) is 17.0 Å². The maximum atomic E-state index is 11.0. The first-order valence-electron chi connectivity index (χ1n) is 4.53. The summed E-state index contributed by atoms with van der Waals surface area (Å²) in [7, 11) is -4.48. The van der Waals surface area contributed by atoms with Gasteiger partial charge in [-0.25, -0.2) is 8.42 Å². The van der Waals surface area contributed by atoms with Gasteiger partial charge in [-0.3, -0.25) is 0 Å². The molecule has 0 aliphatic heterocycles. The molecule has 0 spiro atoms. The summed E-state index contributed by atoms with van der Waals surface area (Å²) in [6.07, 6.45) is 0. The van der Waals surface area contributed by atoms with Crippen LogP contribution in [-0.4, -0.2) is 18.1 Å². The van der Waals surface area contributed by atoms with Gasteiger partial charge in [0.25, 0.3) is 0 Å². The van der Waals surface area contributed by atoms with Crippen molar-refractivity contribution >= 4 is 10.1 Å². The number of phenols is 1. The predicted molar refractivity (Wildman–Crippen MR) is 54.9 cm³/mol. The van der Waals surface area contributed by atoms with E-state index in [0.29, 0.717) is 11.1 Å². The fraction of sp³-hybridized carbons (Fsp3) is 0.400. The maximum Gasteiger partial charge on any atom is 1.00 e. The molecular formula is C10H13NaO4S. The minimum atomic E-state index is -4.48. The summed E-state index contributed by atoms with van der Waals surface area (Å²) in [5.74, 6) is -0.124. The van der Waals surface area contributed by atoms with E-state index in [1.54, 1.807) is 20.8 Å². The molecule has 0 aliphatic rings. The third-order valence-electron chi connectivity index (χ3n) is 2.22. The Morgan fingerprint density at radius 3 is 2.19 bits per heavy atom. The zero-order valence-electron chi connectivity index (χ0n) is 9.81. The fourth-order valence-corrected chi connectivity index (χ4v) is 2.26. The number of hydrogen-bond donors (Lipinski definition) is 1. The zero-order valence-corrected chi connectivity index (χ0v) is 12.6. The van der Waals surface area contributed by atoms with Gasteiger partial charge < -0.3 is 9.66 Å². The molecule has 16 heavy (non-hydrogen) atoms. The average Bonchev–Trinajstić information content (AvgIpc) is 2.06. The molecule has 0 heterocycles. The van der Waals surface area contributed by atoms with Crippen LogP contribution in [0.3, 0.4) is 0 Å². The summed E-state index contributed by atoms with van der Waals surface area (Å²) in [5.41, 5.74) is 0.738. The van der Waals surface area contributed by atoms with E-state index in [4.69, 9.17) is 0 Å². The molecule has 0 bridgehead atoms. The van der Waals surface area contributed by atoms with Gasteiger partial charge in [0.2, 0.25) is 0 Å². The van der Waals surface area contributed by atoms with Crippen LogP contribution in [0.1, 0.15) is 30.9 Å². The van der Waals surface area contributed by atoms with Gasteiger partial charge in [-0.2, -0.15) is 0 Å². The third-order valence-corrected chi connectivity index (χ3v) is 3.11. The van der Waals surface area contributed by atoms with Gasteiger partial charge in [0.1, 0.15) is 15.9 Å². The molecule has 1 rings (SSSR count). The van der Waals surface area contributed by atoms with Crippen LogP contribution in [0, 0.1) is 6.92 Å². The summed E-state index contributed by atoms with van der Waals surface area (Å²) in [4.78, 5) is -0.243. The van der Waals surface area contributed by atoms with Crippen molar-refractivity contribution in [2.75, 3.05) is 0 Å². The summed E-state index contributed by atoms with van der Waals surface area (Å²) >= 11 is 0. The van der Waals surface area contributed by atoms with Crippen LogP contribution in [0.25, 0.3) is 0 Å². The van der Waals surface area contributed by atoms with E-state index in [9.17, 15) is 18.1 Å². The normalized spacial score (nSPS) is 11.3. The molecular weight excluding hydrogens is 239 g/mol. The number of aromatic hydroxyl groups is 1. The molecule has 1 N–H and O–H groups in total. The Hall–Kier alpha value is -0.0700. The Labute approximate surface area is 118 Å². The molecule has 84 valence electrons. The standard InChI is InChI=1S/C10H14O4S.Na/c1-6(2)8-5-9(11)7(3)4-10(8)15(12,13)14;/h4-6,11H,1-3H3,(H,12,13,14);/q;+1/p-1. The molecule has 0 saturated carbocycles. The number of benzene rings is 1. The van der Waals surface area contributed by atoms with Crippen molar-refractivity contribution in [2.24, 2.45) is 0 Å². The van der Waals surface area contributed by atoms with Gasteiger partial charge in [0.05, 0.1) is 4.90 Å². The number of aryl methyl sites for hydroxylation is 1. The van der Waals surface area contributed by atoms with Crippen LogP contribution >= 0.6 is 0 Å². The SMILES string of the molecule is Cc1cc(S(=O)(=O)[O-])c(C(C)C)cc1O.[Na+]. The van der Waals surface area contributed by atoms with E-state index in [0.717, 1.165) is 0 Å². The molecule has 0 unspecified atom stereocenters. The van der Waals surface area contributed by atoms with E-state index in [1.807, 2.05) is 0 Å². The van der Waals surface area contributed by atoms with E-state index in [-0.39, 0.29) is 46.1 Å². The number of hydrogen-bond acceptors (Lipinski definition) is 4. The molecule has 6 heteroatoms. The Morgan fingerprint density at radius 2 is 1.81 bits per heavy atom. The van der Waals surface area contributed by atoms with Crippen molar-refractivity contribution in [3.63, 3.8) is 0 Å². The minimum absolute atomic E-state index is 0. The molecule has 4 nitrogen and oxygen atoms in total. The third kappa shape index (κ3) is 3.46. The Balaban J connectivity index is 0.00000225. The van der Waals surface area contributed by atoms with Gasteiger partial charge in [-0.1, -0.05) is 13.8 Å². The molecule has 1 aromatic rings. The predicted octanol–water partition coefficient (Wildman–Crippen LogP) is -1.27. The van der Waals surface area contributed by atoms with Gasteiger partial charge in [-0.05, 0) is 36.1 Å². The zero-order chi connectivity index (χ0) is 11.8. The molecule has 0 radical (unpaired) electrons. The molecule has 0 aromatic heterocycles. The number of phenolic OH excluding ortho intramolecular Hbond substituents is 1. The van der Waals surface area contributed by atoms with E-state index in [1.165, 1.54) is 12.1 Å². The second kappa shape index (κ2) is 5.51. The van der Waals surface area contributed by atoms with E-state index >= 15 is 0 Å². The maximum absolute atomic E-state index is 11.0. The first kappa shape index (κ1) is 15.9. The van der Waals surface area contributed by atoms with Crippen molar-refractivity contribution in [1.29, 1.82) is 0 Å². The van der Waals surface area contributed by atoms with E-state index < -0.39 is 10.1 Å². The van der Waals surface area contributed by atoms with Gasteiger partial charge in [0.15, 0.2) is 0 Å². The van der Waals surface area contributed by atoms with Gasteiger partial charge in [0, 0.05) is 0 Å². The van der Waals surface area contributed by atoms with Gasteiger partial charge in [-0.15, -0.1) is 0 Å². The quantitative estimate of drug-likeness (QED) is 0.526. The van der Waals surface area contributed by atoms with Crippen LogP contribution in [-0.2, 0) is 10.1 Å². The van der Waals surface area contributed by atoms with Crippen molar-refractivity contribution in [2.45, 2.75) is 31.6 Å². The molecule has 0 fully saturated rings. The van der Waals surface area contributed by atoms with Crippen molar-refractivity contribution in [1.82, 2.24) is 0 Å². The van der Waals surface area contributed by atoms with Crippen molar-refractivity contribution in [3.8, 4) is 5.75 Å². The van der Waals surface area contributed by atoms with E-state index in [2.05, 4.69) is 0 Å². The van der Waals surface area contributed by atoms with Crippen molar-refractivity contribution < 1.29 is 47.6 Å². The average molecular weight is 252 g/mol. The molecule has 0 amide bonds. The largest absolute Gasteiger partial charge is 1.00 e. The minimum Gasteiger partial charge on any atom is -0.744 e. The second-order valence-electron chi connectivity index (χ2n) is 3.79. The first-order valence-corrected chi connectivity index (χ1v) is 5.93. The Kier molecular flexibility index (Phi) is 5.49. The van der Waals surface area contributed by atoms with Gasteiger partial charge >= 0.3 is 29.6 Å². The fourth-order valence-electron chi connectivity index (χ4n) is 1.35. The summed E-state index contributed by atoms with van der Waals surface area (Å²) in [6, 6.07) is 2.55. The first-order chi connectivity index (χ1) is 6.73. The monoisotopic (exact) mass is 252 g/mol. The molecule has 0 aliphatic carbocycles. The molecule has 0 atom stereocenters. The summed E-state index contributed by atoms with van der Waals surface area (Å²) in [5, 5.41) is 9.44. The Morgan fingerprint density at radius 1 is 1.31 bits per heavy atom. The van der Waals surface area contributed by atoms with Crippen molar-refractivity contribution in [3.05, 3.63) is 23.3 Å². The second-order valence-corrected chi connectivity index (χ2v) is 5.13. The summed E-state index contributed by atoms with van der Waals surface area (Å²) < 4.78 is 33.0. The number of rotatable bonds is 2. The molecule has 0 saturated heterocycles. The Bertz CT molecular complexity index is 480. The smallest absolute Gasteiger partial charge is 0.744 e. The summed E-state index contributed by atoms with van der Waals surface area (Å²) in [6.45, 7) is 5.08. The molecule has 1 aromatic carbocycles. The van der Waals surface area contributed by atoms with Crippen LogP contribution in [0.2, 0.25) is 0 Å². The van der Waals surface area contributed by atoms with Crippen LogP contribution in [0.5, 0.6) is 5.75 Å². The van der Waals surface area contributed by atoms with Crippen LogP contribution < -0.4 is 29.6 Å². The van der Waals surface area contributed by atoms with Crippen LogP contribution in [0.4, 0.5) is 0 Å². The topological polar surface area (TPSA) is 77.4 Å².